The molecule has 2 atom stereocenters. The Bertz CT molecular complexity index is 2030. The number of halogens is 3. The highest BCUT2D eigenvalue weighted by molar-refractivity contribution is 14.1. The van der Waals surface area contributed by atoms with Crippen molar-refractivity contribution in [3.05, 3.63) is 47.3 Å². The number of ether oxygens (including phenoxy) is 2. The number of alkyl carbamates (subject to hydrolysis) is 1. The topological polar surface area (TPSA) is 120 Å². The number of hydrogen-bond acceptors (Lipinski definition) is 6. The summed E-state index contributed by atoms with van der Waals surface area (Å²) in [5.41, 5.74) is 3.66. The lowest BCUT2D eigenvalue weighted by molar-refractivity contribution is 0.0525. The second-order valence-electron chi connectivity index (χ2n) is 15.8. The van der Waals surface area contributed by atoms with Crippen LogP contribution in [-0.4, -0.2) is 64.5 Å². The van der Waals surface area contributed by atoms with Crippen molar-refractivity contribution >= 4 is 90.9 Å². The van der Waals surface area contributed by atoms with Crippen LogP contribution in [-0.2, 0) is 29.5 Å². The number of alkyl halides is 2. The molecule has 0 spiro atoms. The smallest absolute Gasteiger partial charge is 0.414 e. The van der Waals surface area contributed by atoms with Gasteiger partial charge in [-0.2, -0.15) is 0 Å². The molecule has 0 saturated heterocycles. The summed E-state index contributed by atoms with van der Waals surface area (Å²) in [6.07, 6.45) is 3.55. The molecule has 0 radical (unpaired) electrons. The maximum absolute atomic E-state index is 15.8. The van der Waals surface area contributed by atoms with Gasteiger partial charge >= 0.3 is 12.2 Å². The number of benzene rings is 2. The number of amides is 3. The van der Waals surface area contributed by atoms with Gasteiger partial charge in [0, 0.05) is 47.1 Å². The Hall–Kier alpha value is -3.15. The van der Waals surface area contributed by atoms with Gasteiger partial charge in [-0.3, -0.25) is 9.69 Å². The molecule has 0 bridgehead atoms. The number of imidazole rings is 1. The van der Waals surface area contributed by atoms with Crippen molar-refractivity contribution in [3.63, 3.8) is 0 Å². The Kier molecular flexibility index (Phi) is 11.1. The summed E-state index contributed by atoms with van der Waals surface area (Å²) in [5.74, 6) is 0.252. The van der Waals surface area contributed by atoms with Crippen molar-refractivity contribution < 1.29 is 28.2 Å². The molecule has 3 amide bonds. The molecule has 2 aromatic carbocycles. The molecular weight excluding hydrogens is 893 g/mol. The van der Waals surface area contributed by atoms with Crippen molar-refractivity contribution in [2.24, 2.45) is 13.0 Å². The first-order valence-electron chi connectivity index (χ1n) is 17.8. The van der Waals surface area contributed by atoms with Crippen molar-refractivity contribution in [1.29, 1.82) is 0 Å². The minimum Gasteiger partial charge on any atom is -0.444 e. The Balaban J connectivity index is 1.22. The normalized spacial score (nSPS) is 15.8. The standard InChI is InChI=1S/C38H47FI2N6O5/c1-37(2,3)51-35(49)42-14-12-24(40)19-30(41)44-34(48)23-16-26(39)32-27(17-23)43-33(45(32)7)29-18-22-10-11-28-25(31(22)47(29)20-21-8-9-21)13-15-46(28)36(50)52-38(4,5)6/h10-11,16-18,21,24,30H,8-9,12-15,19-20H2,1-7H3,(H,42,49)(H,44,48)/t24-,30+/m1/s1. The lowest BCUT2D eigenvalue weighted by Crippen LogP contribution is -2.35. The molecule has 6 rings (SSSR count). The van der Waals surface area contributed by atoms with E-state index < -0.39 is 23.1 Å². The molecule has 280 valence electrons. The average molecular weight is 941 g/mol. The van der Waals surface area contributed by atoms with Crippen molar-refractivity contribution in [1.82, 2.24) is 24.8 Å². The fraction of sp³-hybridized carbons (Fsp3) is 0.526. The zero-order valence-corrected chi connectivity index (χ0v) is 35.1. The first-order valence-corrected chi connectivity index (χ1v) is 20.3. The van der Waals surface area contributed by atoms with Crippen LogP contribution in [0.4, 0.5) is 19.7 Å². The molecule has 1 saturated carbocycles. The quantitative estimate of drug-likeness (QED) is 0.0934. The summed E-state index contributed by atoms with van der Waals surface area (Å²) in [5, 5.41) is 6.80. The summed E-state index contributed by atoms with van der Waals surface area (Å²) < 4.78 is 30.9. The second kappa shape index (κ2) is 14.9. The highest BCUT2D eigenvalue weighted by Crippen LogP contribution is 2.42. The predicted octanol–water partition coefficient (Wildman–Crippen LogP) is 8.64. The molecule has 1 aliphatic heterocycles. The van der Waals surface area contributed by atoms with E-state index in [1.807, 2.05) is 53.7 Å². The summed E-state index contributed by atoms with van der Waals surface area (Å²) in [6, 6.07) is 9.05. The van der Waals surface area contributed by atoms with Crippen molar-refractivity contribution in [3.8, 4) is 11.5 Å². The third kappa shape index (κ3) is 8.79. The minimum atomic E-state index is -0.598. The SMILES string of the molecule is Cn1c(-c2cc3ccc4c(c3n2CC2CC2)CCN4C(=O)OC(C)(C)C)nc2cc(C(=O)N[C@H](I)C[C@H](I)CCNC(=O)OC(C)(C)C)cc(F)c21. The maximum Gasteiger partial charge on any atom is 0.414 e. The van der Waals surface area contributed by atoms with Gasteiger partial charge < -0.3 is 29.2 Å². The van der Waals surface area contributed by atoms with Gasteiger partial charge in [0.15, 0.2) is 5.82 Å². The van der Waals surface area contributed by atoms with E-state index in [4.69, 9.17) is 14.5 Å². The van der Waals surface area contributed by atoms with Gasteiger partial charge in [-0.05, 0) is 104 Å². The molecule has 11 nitrogen and oxygen atoms in total. The average Bonchev–Trinajstić information content (AvgIpc) is 3.46. The second-order valence-corrected chi connectivity index (χ2v) is 19.0. The Labute approximate surface area is 331 Å². The van der Waals surface area contributed by atoms with E-state index in [-0.39, 0.29) is 25.5 Å². The molecule has 2 aromatic heterocycles. The number of carbonyl (C=O) groups is 3. The molecule has 14 heteroatoms. The van der Waals surface area contributed by atoms with E-state index in [0.717, 1.165) is 47.2 Å². The fourth-order valence-electron chi connectivity index (χ4n) is 6.64. The van der Waals surface area contributed by atoms with Gasteiger partial charge in [-0.1, -0.05) is 51.2 Å². The van der Waals surface area contributed by atoms with E-state index in [9.17, 15) is 14.4 Å². The van der Waals surface area contributed by atoms with Crippen molar-refractivity contribution in [2.75, 3.05) is 18.0 Å². The van der Waals surface area contributed by atoms with E-state index in [2.05, 4.69) is 66.4 Å². The van der Waals surface area contributed by atoms with Crippen LogP contribution in [0.2, 0.25) is 0 Å². The van der Waals surface area contributed by atoms with Crippen LogP contribution in [0.5, 0.6) is 0 Å². The third-order valence-corrected chi connectivity index (χ3v) is 11.0. The third-order valence-electron chi connectivity index (χ3n) is 9.06. The molecule has 2 aliphatic rings. The summed E-state index contributed by atoms with van der Waals surface area (Å²) in [7, 11) is 1.81. The summed E-state index contributed by atoms with van der Waals surface area (Å²) >= 11 is 4.49. The summed E-state index contributed by atoms with van der Waals surface area (Å²) in [4.78, 5) is 45.1. The lowest BCUT2D eigenvalue weighted by atomic mass is 10.1. The fourth-order valence-corrected chi connectivity index (χ4v) is 9.33. The highest BCUT2D eigenvalue weighted by atomic mass is 127. The van der Waals surface area contributed by atoms with Gasteiger partial charge in [-0.25, -0.2) is 19.0 Å². The molecule has 2 N–H and O–H groups in total. The molecule has 4 aromatic rings. The zero-order valence-electron chi connectivity index (χ0n) is 30.7. The maximum atomic E-state index is 15.8. The number of aryl methyl sites for hydroxylation is 1. The van der Waals surface area contributed by atoms with E-state index in [0.29, 0.717) is 55.1 Å². The minimum absolute atomic E-state index is 0.177. The summed E-state index contributed by atoms with van der Waals surface area (Å²) in [6.45, 7) is 12.8. The first-order chi connectivity index (χ1) is 24.4. The molecule has 0 unspecified atom stereocenters. The van der Waals surface area contributed by atoms with Crippen LogP contribution in [0, 0.1) is 11.7 Å². The highest BCUT2D eigenvalue weighted by Gasteiger charge is 2.33. The van der Waals surface area contributed by atoms with Crippen LogP contribution in [0.25, 0.3) is 33.5 Å². The largest absolute Gasteiger partial charge is 0.444 e. The Morgan fingerprint density at radius 2 is 1.73 bits per heavy atom. The molecule has 1 aliphatic carbocycles. The van der Waals surface area contributed by atoms with Gasteiger partial charge in [0.1, 0.15) is 22.5 Å². The molecule has 3 heterocycles. The molecular formula is C38H47FI2N6O5. The van der Waals surface area contributed by atoms with Crippen LogP contribution in [0.1, 0.15) is 83.1 Å². The molecule has 1 fully saturated rings. The number of aromatic nitrogens is 3. The number of hydrogen-bond donors (Lipinski definition) is 2. The number of carbonyl (C=O) groups excluding carboxylic acids is 3. The van der Waals surface area contributed by atoms with Crippen LogP contribution < -0.4 is 15.5 Å². The van der Waals surface area contributed by atoms with Crippen LogP contribution in [0.15, 0.2) is 30.3 Å². The van der Waals surface area contributed by atoms with Gasteiger partial charge in [0.25, 0.3) is 5.91 Å². The Morgan fingerprint density at radius 3 is 2.40 bits per heavy atom. The first kappa shape index (κ1) is 38.6. The van der Waals surface area contributed by atoms with Crippen LogP contribution in [0.3, 0.4) is 0 Å². The van der Waals surface area contributed by atoms with E-state index in [1.54, 1.807) is 22.6 Å². The number of nitrogens with zero attached hydrogens (tertiary/aromatic N) is 4. The monoisotopic (exact) mass is 940 g/mol. The van der Waals surface area contributed by atoms with Gasteiger partial charge in [0.05, 0.1) is 26.5 Å². The zero-order chi connectivity index (χ0) is 37.7. The van der Waals surface area contributed by atoms with E-state index in [1.165, 1.54) is 6.07 Å². The molecule has 52 heavy (non-hydrogen) atoms. The van der Waals surface area contributed by atoms with Crippen molar-refractivity contribution in [2.45, 2.75) is 99.4 Å². The Morgan fingerprint density at radius 1 is 1.02 bits per heavy atom. The lowest BCUT2D eigenvalue weighted by Gasteiger charge is -2.24. The number of rotatable bonds is 10. The van der Waals surface area contributed by atoms with Gasteiger partial charge in [-0.15, -0.1) is 0 Å². The number of anilines is 1. The van der Waals surface area contributed by atoms with Crippen LogP contribution >= 0.6 is 45.2 Å². The van der Waals surface area contributed by atoms with Gasteiger partial charge in [0.2, 0.25) is 0 Å². The predicted molar refractivity (Wildman–Crippen MR) is 218 cm³/mol. The van der Waals surface area contributed by atoms with E-state index >= 15 is 4.39 Å². The number of fused-ring (bicyclic) bond motifs is 4. The number of nitrogens with one attached hydrogen (secondary N) is 2.